The van der Waals surface area contributed by atoms with Gasteiger partial charge >= 0.3 is 0 Å². The van der Waals surface area contributed by atoms with Gasteiger partial charge in [0.05, 0.1) is 0 Å². The normalized spacial score (nSPS) is 16.5. The van der Waals surface area contributed by atoms with Crippen molar-refractivity contribution in [2.45, 2.75) is 18.2 Å². The van der Waals surface area contributed by atoms with Crippen LogP contribution in [0.5, 0.6) is 0 Å². The summed E-state index contributed by atoms with van der Waals surface area (Å²) in [4.78, 5) is 15.8. The van der Waals surface area contributed by atoms with Crippen molar-refractivity contribution >= 4 is 17.5 Å². The van der Waals surface area contributed by atoms with Gasteiger partial charge in [-0.15, -0.1) is 11.8 Å². The largest absolute Gasteiger partial charge is 0.314 e. The Morgan fingerprint density at radius 1 is 1.37 bits per heavy atom. The summed E-state index contributed by atoms with van der Waals surface area (Å²) in [7, 11) is 0. The molecule has 19 heavy (non-hydrogen) atoms. The minimum absolute atomic E-state index is 0.270. The number of hydrogen-bond donors (Lipinski definition) is 1. The standard InChI is InChI=1S/C15H22N2OS/c1-12-3-4-15(19-2)13(11-12)14(18)5-8-17-9-6-16-7-10-17/h3-4,11,16H,5-10H2,1-2H3. The zero-order valence-corrected chi connectivity index (χ0v) is 12.6. The maximum absolute atomic E-state index is 12.4. The summed E-state index contributed by atoms with van der Waals surface area (Å²) >= 11 is 1.65. The lowest BCUT2D eigenvalue weighted by Gasteiger charge is -2.26. The molecule has 1 saturated heterocycles. The highest BCUT2D eigenvalue weighted by Crippen LogP contribution is 2.23. The zero-order chi connectivity index (χ0) is 13.7. The Morgan fingerprint density at radius 2 is 2.11 bits per heavy atom. The first kappa shape index (κ1) is 14.6. The number of ketones is 1. The maximum atomic E-state index is 12.4. The van der Waals surface area contributed by atoms with Crippen LogP contribution in [0.4, 0.5) is 0 Å². The van der Waals surface area contributed by atoms with Crippen molar-refractivity contribution < 1.29 is 4.79 Å². The number of Topliss-reactive ketones (excluding diaryl/α,β-unsaturated/α-hetero) is 1. The molecule has 1 aliphatic heterocycles. The molecule has 0 aromatic heterocycles. The summed E-state index contributed by atoms with van der Waals surface area (Å²) in [6.07, 6.45) is 2.65. The van der Waals surface area contributed by atoms with Gasteiger partial charge in [0.2, 0.25) is 0 Å². The monoisotopic (exact) mass is 278 g/mol. The van der Waals surface area contributed by atoms with E-state index in [1.807, 2.05) is 19.2 Å². The molecular weight excluding hydrogens is 256 g/mol. The van der Waals surface area contributed by atoms with Gasteiger partial charge in [0.25, 0.3) is 0 Å². The number of thioether (sulfide) groups is 1. The third kappa shape index (κ3) is 4.06. The van der Waals surface area contributed by atoms with Crippen LogP contribution in [-0.4, -0.2) is 49.7 Å². The number of rotatable bonds is 5. The minimum atomic E-state index is 0.270. The number of benzene rings is 1. The van der Waals surface area contributed by atoms with E-state index in [0.29, 0.717) is 6.42 Å². The highest BCUT2D eigenvalue weighted by molar-refractivity contribution is 7.98. The van der Waals surface area contributed by atoms with Crippen LogP contribution in [0, 0.1) is 6.92 Å². The van der Waals surface area contributed by atoms with Gasteiger partial charge in [0.1, 0.15) is 0 Å². The quantitative estimate of drug-likeness (QED) is 0.661. The first-order valence-electron chi connectivity index (χ1n) is 6.81. The Bertz CT molecular complexity index is 442. The summed E-state index contributed by atoms with van der Waals surface area (Å²) in [5, 5.41) is 3.33. The molecule has 0 unspecified atom stereocenters. The maximum Gasteiger partial charge on any atom is 0.165 e. The molecule has 0 bridgehead atoms. The number of nitrogens with zero attached hydrogens (tertiary/aromatic N) is 1. The predicted octanol–water partition coefficient (Wildman–Crippen LogP) is 2.19. The minimum Gasteiger partial charge on any atom is -0.314 e. The molecule has 3 nitrogen and oxygen atoms in total. The SMILES string of the molecule is CSc1ccc(C)cc1C(=O)CCN1CCNCC1. The van der Waals surface area contributed by atoms with Crippen molar-refractivity contribution in [3.8, 4) is 0 Å². The molecule has 0 atom stereocenters. The van der Waals surface area contributed by atoms with Crippen molar-refractivity contribution in [3.05, 3.63) is 29.3 Å². The van der Waals surface area contributed by atoms with E-state index >= 15 is 0 Å². The first-order valence-corrected chi connectivity index (χ1v) is 8.04. The molecule has 1 aromatic carbocycles. The van der Waals surface area contributed by atoms with Gasteiger partial charge in [-0.2, -0.15) is 0 Å². The van der Waals surface area contributed by atoms with Crippen LogP contribution in [-0.2, 0) is 0 Å². The van der Waals surface area contributed by atoms with Crippen LogP contribution in [0.3, 0.4) is 0 Å². The van der Waals surface area contributed by atoms with Gasteiger partial charge < -0.3 is 10.2 Å². The molecule has 2 rings (SSSR count). The smallest absolute Gasteiger partial charge is 0.165 e. The lowest BCUT2D eigenvalue weighted by molar-refractivity contribution is 0.0957. The van der Waals surface area contributed by atoms with Crippen molar-refractivity contribution in [2.75, 3.05) is 39.0 Å². The van der Waals surface area contributed by atoms with Crippen molar-refractivity contribution in [3.63, 3.8) is 0 Å². The third-order valence-corrected chi connectivity index (χ3v) is 4.32. The van der Waals surface area contributed by atoms with Gasteiger partial charge in [-0.3, -0.25) is 4.79 Å². The number of carbonyl (C=O) groups excluding carboxylic acids is 1. The Labute approximate surface area is 119 Å². The molecule has 0 aliphatic carbocycles. The molecule has 1 aromatic rings. The summed E-state index contributed by atoms with van der Waals surface area (Å²) < 4.78 is 0. The Morgan fingerprint density at radius 3 is 2.79 bits per heavy atom. The first-order chi connectivity index (χ1) is 9.20. The van der Waals surface area contributed by atoms with Gasteiger partial charge in [0, 0.05) is 49.6 Å². The second-order valence-electron chi connectivity index (χ2n) is 4.97. The molecule has 4 heteroatoms. The molecule has 104 valence electrons. The van der Waals surface area contributed by atoms with Crippen LogP contribution in [0.2, 0.25) is 0 Å². The van der Waals surface area contributed by atoms with Crippen LogP contribution in [0.25, 0.3) is 0 Å². The van der Waals surface area contributed by atoms with E-state index < -0.39 is 0 Å². The van der Waals surface area contributed by atoms with Crippen molar-refractivity contribution in [1.29, 1.82) is 0 Å². The van der Waals surface area contributed by atoms with Crippen molar-refractivity contribution in [1.82, 2.24) is 10.2 Å². The van der Waals surface area contributed by atoms with E-state index in [-0.39, 0.29) is 5.78 Å². The molecule has 0 spiro atoms. The van der Waals surface area contributed by atoms with Gasteiger partial charge in [-0.1, -0.05) is 11.6 Å². The topological polar surface area (TPSA) is 32.3 Å². The van der Waals surface area contributed by atoms with Crippen LogP contribution >= 0.6 is 11.8 Å². The average molecular weight is 278 g/mol. The van der Waals surface area contributed by atoms with E-state index in [9.17, 15) is 4.79 Å². The van der Waals surface area contributed by atoms with Gasteiger partial charge in [0.15, 0.2) is 5.78 Å². The lowest BCUT2D eigenvalue weighted by atomic mass is 10.1. The average Bonchev–Trinajstić information content (AvgIpc) is 2.46. The number of carbonyl (C=O) groups is 1. The molecular formula is C15H22N2OS. The van der Waals surface area contributed by atoms with Crippen LogP contribution in [0.1, 0.15) is 22.3 Å². The Hall–Kier alpha value is -0.840. The number of nitrogens with one attached hydrogen (secondary N) is 1. The van der Waals surface area contributed by atoms with Crippen LogP contribution < -0.4 is 5.32 Å². The Kier molecular flexibility index (Phi) is 5.43. The molecule has 1 fully saturated rings. The zero-order valence-electron chi connectivity index (χ0n) is 11.7. The molecule has 1 N–H and O–H groups in total. The summed E-state index contributed by atoms with van der Waals surface area (Å²) in [6.45, 7) is 7.09. The summed E-state index contributed by atoms with van der Waals surface area (Å²) in [6, 6.07) is 6.14. The number of aryl methyl sites for hydroxylation is 1. The fourth-order valence-corrected chi connectivity index (χ4v) is 2.97. The predicted molar refractivity (Wildman–Crippen MR) is 81.2 cm³/mol. The van der Waals surface area contributed by atoms with Crippen LogP contribution in [0.15, 0.2) is 23.1 Å². The fraction of sp³-hybridized carbons (Fsp3) is 0.533. The summed E-state index contributed by atoms with van der Waals surface area (Å²) in [5.41, 5.74) is 2.05. The number of piperazine rings is 1. The van der Waals surface area contributed by atoms with E-state index in [2.05, 4.69) is 22.3 Å². The van der Waals surface area contributed by atoms with E-state index in [1.54, 1.807) is 11.8 Å². The lowest BCUT2D eigenvalue weighted by Crippen LogP contribution is -2.44. The van der Waals surface area contributed by atoms with Gasteiger partial charge in [-0.25, -0.2) is 0 Å². The molecule has 0 radical (unpaired) electrons. The second-order valence-corrected chi connectivity index (χ2v) is 5.82. The van der Waals surface area contributed by atoms with Crippen molar-refractivity contribution in [2.24, 2.45) is 0 Å². The van der Waals surface area contributed by atoms with E-state index in [4.69, 9.17) is 0 Å². The molecule has 1 aliphatic rings. The summed E-state index contributed by atoms with van der Waals surface area (Å²) in [5.74, 6) is 0.270. The highest BCUT2D eigenvalue weighted by Gasteiger charge is 2.14. The molecule has 0 amide bonds. The van der Waals surface area contributed by atoms with Gasteiger partial charge in [-0.05, 0) is 25.3 Å². The second kappa shape index (κ2) is 7.08. The third-order valence-electron chi connectivity index (χ3n) is 3.52. The number of hydrogen-bond acceptors (Lipinski definition) is 4. The fourth-order valence-electron chi connectivity index (χ4n) is 2.37. The van der Waals surface area contributed by atoms with E-state index in [1.165, 1.54) is 0 Å². The molecule has 0 saturated carbocycles. The van der Waals surface area contributed by atoms with E-state index in [0.717, 1.165) is 48.7 Å². The Balaban J connectivity index is 1.97. The molecule has 1 heterocycles. The highest BCUT2D eigenvalue weighted by atomic mass is 32.2.